The lowest BCUT2D eigenvalue weighted by atomic mass is 10.0. The number of hydrogen-bond acceptors (Lipinski definition) is 6. The fraction of sp³-hybridized carbons (Fsp3) is 0.579. The topological polar surface area (TPSA) is 58.0 Å². The third kappa shape index (κ3) is 3.79. The fourth-order valence-corrected chi connectivity index (χ4v) is 3.77. The van der Waals surface area contributed by atoms with E-state index >= 15 is 0 Å². The molecule has 2 fully saturated rings. The summed E-state index contributed by atoms with van der Waals surface area (Å²) in [7, 11) is 0. The molecule has 2 aliphatic rings. The molecule has 2 aromatic rings. The molecule has 0 amide bonds. The molecular weight excluding hydrogens is 312 g/mol. The van der Waals surface area contributed by atoms with Gasteiger partial charge in [0.25, 0.3) is 0 Å². The minimum absolute atomic E-state index is 0.584. The number of hydrogen-bond donors (Lipinski definition) is 0. The summed E-state index contributed by atoms with van der Waals surface area (Å²) in [4.78, 5) is 22.7. The van der Waals surface area contributed by atoms with Crippen molar-refractivity contribution in [3.63, 3.8) is 0 Å². The van der Waals surface area contributed by atoms with Crippen molar-refractivity contribution in [1.82, 2.24) is 24.8 Å². The van der Waals surface area contributed by atoms with Crippen LogP contribution in [0.3, 0.4) is 0 Å². The van der Waals surface area contributed by atoms with Gasteiger partial charge in [0.2, 0.25) is 0 Å². The maximum absolute atomic E-state index is 4.56. The molecule has 6 nitrogen and oxygen atoms in total. The first kappa shape index (κ1) is 16.4. The molecule has 0 spiro atoms. The summed E-state index contributed by atoms with van der Waals surface area (Å²) in [6.45, 7) is 7.20. The second-order valence-corrected chi connectivity index (χ2v) is 7.25. The van der Waals surface area contributed by atoms with Gasteiger partial charge >= 0.3 is 0 Å². The Morgan fingerprint density at radius 1 is 0.960 bits per heavy atom. The Bertz CT molecular complexity index is 721. The molecule has 1 aliphatic carbocycles. The predicted octanol–water partition coefficient (Wildman–Crippen LogP) is 2.52. The minimum atomic E-state index is 0.584. The lowest BCUT2D eigenvalue weighted by Crippen LogP contribution is -2.46. The van der Waals surface area contributed by atoms with E-state index in [9.17, 15) is 0 Å². The van der Waals surface area contributed by atoms with Crippen molar-refractivity contribution in [2.75, 3.05) is 18.0 Å². The first-order valence-electron chi connectivity index (χ1n) is 9.26. The molecule has 4 rings (SSSR count). The lowest BCUT2D eigenvalue weighted by molar-refractivity contribution is 0.198. The second kappa shape index (κ2) is 7.04. The van der Waals surface area contributed by atoms with Crippen LogP contribution in [0.1, 0.15) is 42.8 Å². The minimum Gasteiger partial charge on any atom is -0.350 e. The quantitative estimate of drug-likeness (QED) is 0.835. The van der Waals surface area contributed by atoms with E-state index < -0.39 is 0 Å². The number of anilines is 1. The molecular formula is C19H26N6. The highest BCUT2D eigenvalue weighted by Gasteiger charge is 2.36. The van der Waals surface area contributed by atoms with Gasteiger partial charge in [0.05, 0.1) is 11.4 Å². The van der Waals surface area contributed by atoms with Crippen LogP contribution in [0.2, 0.25) is 0 Å². The van der Waals surface area contributed by atoms with Gasteiger partial charge in [0.15, 0.2) is 0 Å². The van der Waals surface area contributed by atoms with Crippen molar-refractivity contribution >= 4 is 5.82 Å². The molecule has 3 heterocycles. The van der Waals surface area contributed by atoms with Gasteiger partial charge in [-0.1, -0.05) is 0 Å². The standard InChI is InChI=1S/C19H26N6/c1-14-11-19(23-13-22-14)25(16-3-4-16)17-5-9-24(10-6-17)12-18-15(2)20-7-8-21-18/h7-8,11,13,16-17H,3-6,9-10,12H2,1-2H3. The number of aromatic nitrogens is 4. The van der Waals surface area contributed by atoms with Crippen LogP contribution < -0.4 is 4.90 Å². The molecule has 0 unspecified atom stereocenters. The van der Waals surface area contributed by atoms with E-state index in [4.69, 9.17) is 0 Å². The molecule has 1 aliphatic heterocycles. The van der Waals surface area contributed by atoms with Crippen molar-refractivity contribution in [2.45, 2.75) is 58.2 Å². The molecule has 0 radical (unpaired) electrons. The van der Waals surface area contributed by atoms with E-state index in [0.717, 1.165) is 42.5 Å². The average molecular weight is 338 g/mol. The third-order valence-electron chi connectivity index (χ3n) is 5.30. The first-order chi connectivity index (χ1) is 12.2. The van der Waals surface area contributed by atoms with Gasteiger partial charge in [-0.15, -0.1) is 0 Å². The summed E-state index contributed by atoms with van der Waals surface area (Å²) in [6.07, 6.45) is 10.2. The molecule has 0 aromatic carbocycles. The van der Waals surface area contributed by atoms with Crippen LogP contribution >= 0.6 is 0 Å². The summed E-state index contributed by atoms with van der Waals surface area (Å²) in [5.41, 5.74) is 3.19. The van der Waals surface area contributed by atoms with Crippen molar-refractivity contribution < 1.29 is 0 Å². The monoisotopic (exact) mass is 338 g/mol. The number of piperidine rings is 1. The van der Waals surface area contributed by atoms with Crippen LogP contribution in [0.25, 0.3) is 0 Å². The van der Waals surface area contributed by atoms with Gasteiger partial charge in [-0.2, -0.15) is 0 Å². The molecule has 2 aromatic heterocycles. The zero-order chi connectivity index (χ0) is 17.2. The van der Waals surface area contributed by atoms with E-state index in [2.05, 4.69) is 35.8 Å². The maximum atomic E-state index is 4.56. The van der Waals surface area contributed by atoms with E-state index in [-0.39, 0.29) is 0 Å². The molecule has 0 atom stereocenters. The van der Waals surface area contributed by atoms with Crippen LogP contribution in [0.5, 0.6) is 0 Å². The summed E-state index contributed by atoms with van der Waals surface area (Å²) < 4.78 is 0. The van der Waals surface area contributed by atoms with Crippen LogP contribution in [-0.2, 0) is 6.54 Å². The van der Waals surface area contributed by atoms with E-state index in [1.165, 1.54) is 25.7 Å². The highest BCUT2D eigenvalue weighted by atomic mass is 15.3. The number of likely N-dealkylation sites (tertiary alicyclic amines) is 1. The smallest absolute Gasteiger partial charge is 0.132 e. The number of rotatable bonds is 5. The normalized spacial score (nSPS) is 19.1. The molecule has 0 bridgehead atoms. The van der Waals surface area contributed by atoms with Crippen molar-refractivity contribution in [3.8, 4) is 0 Å². The van der Waals surface area contributed by atoms with E-state index in [1.54, 1.807) is 18.7 Å². The van der Waals surface area contributed by atoms with Crippen molar-refractivity contribution in [3.05, 3.63) is 41.9 Å². The third-order valence-corrected chi connectivity index (χ3v) is 5.30. The van der Waals surface area contributed by atoms with Crippen LogP contribution in [0.15, 0.2) is 24.8 Å². The van der Waals surface area contributed by atoms with E-state index in [0.29, 0.717) is 12.1 Å². The lowest BCUT2D eigenvalue weighted by Gasteiger charge is -2.39. The Balaban J connectivity index is 1.41. The van der Waals surface area contributed by atoms with E-state index in [1.807, 2.05) is 13.8 Å². The largest absolute Gasteiger partial charge is 0.350 e. The molecule has 25 heavy (non-hydrogen) atoms. The van der Waals surface area contributed by atoms with Crippen LogP contribution in [-0.4, -0.2) is 50.0 Å². The first-order valence-corrected chi connectivity index (χ1v) is 9.26. The molecule has 0 N–H and O–H groups in total. The zero-order valence-electron chi connectivity index (χ0n) is 15.1. The summed E-state index contributed by atoms with van der Waals surface area (Å²) in [5.74, 6) is 1.11. The van der Waals surface area contributed by atoms with Gasteiger partial charge in [0, 0.05) is 55.9 Å². The van der Waals surface area contributed by atoms with Gasteiger partial charge < -0.3 is 4.90 Å². The van der Waals surface area contributed by atoms with Crippen molar-refractivity contribution in [1.29, 1.82) is 0 Å². The fourth-order valence-electron chi connectivity index (χ4n) is 3.77. The Morgan fingerprint density at radius 2 is 1.68 bits per heavy atom. The summed E-state index contributed by atoms with van der Waals surface area (Å²) >= 11 is 0. The van der Waals surface area contributed by atoms with Crippen LogP contribution in [0.4, 0.5) is 5.82 Å². The van der Waals surface area contributed by atoms with Gasteiger partial charge in [0.1, 0.15) is 12.1 Å². The average Bonchev–Trinajstić information content (AvgIpc) is 3.44. The highest BCUT2D eigenvalue weighted by molar-refractivity contribution is 5.43. The summed E-state index contributed by atoms with van der Waals surface area (Å²) in [5, 5.41) is 0. The Morgan fingerprint density at radius 3 is 2.36 bits per heavy atom. The van der Waals surface area contributed by atoms with Gasteiger partial charge in [-0.05, 0) is 39.5 Å². The predicted molar refractivity (Wildman–Crippen MR) is 97.3 cm³/mol. The molecule has 1 saturated heterocycles. The molecule has 132 valence electrons. The summed E-state index contributed by atoms with van der Waals surface area (Å²) in [6, 6.07) is 3.39. The SMILES string of the molecule is Cc1cc(N(C2CC2)C2CCN(Cc3nccnc3C)CC2)ncn1. The van der Waals surface area contributed by atoms with Crippen molar-refractivity contribution in [2.24, 2.45) is 0 Å². The maximum Gasteiger partial charge on any atom is 0.132 e. The zero-order valence-corrected chi connectivity index (χ0v) is 15.1. The van der Waals surface area contributed by atoms with Gasteiger partial charge in [-0.3, -0.25) is 14.9 Å². The van der Waals surface area contributed by atoms with Crippen LogP contribution in [0, 0.1) is 13.8 Å². The highest BCUT2D eigenvalue weighted by Crippen LogP contribution is 2.35. The van der Waals surface area contributed by atoms with Gasteiger partial charge in [-0.25, -0.2) is 9.97 Å². The Labute approximate surface area is 149 Å². The number of aryl methyl sites for hydroxylation is 2. The second-order valence-electron chi connectivity index (χ2n) is 7.25. The molecule has 1 saturated carbocycles. The number of nitrogens with zero attached hydrogens (tertiary/aromatic N) is 6. The Kier molecular flexibility index (Phi) is 4.61. The molecule has 6 heteroatoms. The Hall–Kier alpha value is -2.08.